The standard InChI is InChI=1S/C26H28BN3O6S2/c31-26(30-25(27(32)33)16-20-8-9-20)21(15-19-5-2-1-3-6-19)17-29-38(35,36)24-12-10-22(11-13-24)37(34)23-7-4-14-28-18-23/h1-7,10-14,17-18,20-21,25,32-33H,8-9,15-16H2,(H,30,31)/t21?,25-,37?/m0/s1. The number of nitrogens with zero attached hydrogens (tertiary/aromatic N) is 2. The molecule has 3 N–H and O–H groups in total. The van der Waals surface area contributed by atoms with Crippen LogP contribution in [-0.2, 0) is 32.4 Å². The maximum Gasteiger partial charge on any atom is 0.475 e. The average Bonchev–Trinajstić information content (AvgIpc) is 3.75. The smallest absolute Gasteiger partial charge is 0.475 e. The van der Waals surface area contributed by atoms with Gasteiger partial charge in [0.05, 0.1) is 23.0 Å². The van der Waals surface area contributed by atoms with E-state index in [1.54, 1.807) is 18.3 Å². The maximum atomic E-state index is 13.1. The van der Waals surface area contributed by atoms with Crippen molar-refractivity contribution in [3.8, 4) is 0 Å². The van der Waals surface area contributed by atoms with E-state index >= 15 is 0 Å². The van der Waals surface area contributed by atoms with Gasteiger partial charge in [-0.15, -0.1) is 0 Å². The number of hydrogen-bond donors (Lipinski definition) is 3. The van der Waals surface area contributed by atoms with E-state index in [-0.39, 0.29) is 11.3 Å². The Bertz CT molecular complexity index is 1340. The number of aromatic nitrogens is 1. The van der Waals surface area contributed by atoms with Gasteiger partial charge in [-0.05, 0) is 60.7 Å². The van der Waals surface area contributed by atoms with Gasteiger partial charge in [0.15, 0.2) is 9.79 Å². The number of rotatable bonds is 12. The summed E-state index contributed by atoms with van der Waals surface area (Å²) in [5.74, 6) is -2.04. The van der Waals surface area contributed by atoms with E-state index in [1.165, 1.54) is 30.5 Å². The predicted molar refractivity (Wildman–Crippen MR) is 144 cm³/mol. The fourth-order valence-electron chi connectivity index (χ4n) is 3.88. The third kappa shape index (κ3) is 7.75. The van der Waals surface area contributed by atoms with Crippen molar-refractivity contribution in [3.05, 3.63) is 84.7 Å². The second-order valence-electron chi connectivity index (χ2n) is 9.16. The number of pyridine rings is 1. The lowest BCUT2D eigenvalue weighted by Crippen LogP contribution is -2.49. The molecule has 0 radical (unpaired) electrons. The van der Waals surface area contributed by atoms with Crippen LogP contribution in [0.15, 0.2) is 98.2 Å². The Balaban J connectivity index is 1.51. The SMILES string of the molecule is O=C(N[C@@H](CC1CC1)B(O)O)C(C=NS(=O)(=O)c1ccc([S+]([O-])c2cccnc2)cc1)Cc1ccccc1. The summed E-state index contributed by atoms with van der Waals surface area (Å²) in [7, 11) is -5.89. The van der Waals surface area contributed by atoms with Crippen LogP contribution in [0.5, 0.6) is 0 Å². The molecule has 2 aromatic carbocycles. The van der Waals surface area contributed by atoms with E-state index in [1.807, 2.05) is 30.3 Å². The molecule has 0 spiro atoms. The summed E-state index contributed by atoms with van der Waals surface area (Å²) in [5, 5.41) is 22.1. The zero-order chi connectivity index (χ0) is 27.1. The highest BCUT2D eigenvalue weighted by Gasteiger charge is 2.34. The number of carbonyl (C=O) groups is 1. The first-order valence-electron chi connectivity index (χ1n) is 12.2. The van der Waals surface area contributed by atoms with Crippen molar-refractivity contribution in [3.63, 3.8) is 0 Å². The van der Waals surface area contributed by atoms with Gasteiger partial charge in [0, 0.05) is 23.6 Å². The molecule has 9 nitrogen and oxygen atoms in total. The van der Waals surface area contributed by atoms with Crippen LogP contribution >= 0.6 is 0 Å². The van der Waals surface area contributed by atoms with Crippen molar-refractivity contribution in [2.24, 2.45) is 16.2 Å². The van der Waals surface area contributed by atoms with Gasteiger partial charge < -0.3 is 19.9 Å². The van der Waals surface area contributed by atoms with Crippen LogP contribution < -0.4 is 5.32 Å². The minimum atomic E-state index is -4.16. The molecule has 1 amide bonds. The first kappa shape index (κ1) is 28.0. The van der Waals surface area contributed by atoms with E-state index < -0.39 is 46.1 Å². The summed E-state index contributed by atoms with van der Waals surface area (Å²) in [4.78, 5) is 17.8. The van der Waals surface area contributed by atoms with Gasteiger partial charge in [0.2, 0.25) is 5.91 Å². The summed E-state index contributed by atoms with van der Waals surface area (Å²) < 4.78 is 42.4. The molecule has 0 saturated heterocycles. The number of benzene rings is 2. The Morgan fingerprint density at radius 2 is 1.82 bits per heavy atom. The average molecular weight is 553 g/mol. The van der Waals surface area contributed by atoms with Gasteiger partial charge in [-0.3, -0.25) is 9.78 Å². The van der Waals surface area contributed by atoms with Crippen molar-refractivity contribution in [1.29, 1.82) is 0 Å². The molecule has 1 aliphatic carbocycles. The molecule has 1 aromatic heterocycles. The van der Waals surface area contributed by atoms with Gasteiger partial charge in [-0.2, -0.15) is 12.8 Å². The third-order valence-electron chi connectivity index (χ3n) is 6.17. The third-order valence-corrected chi connectivity index (χ3v) is 8.81. The van der Waals surface area contributed by atoms with Crippen LogP contribution in [0.4, 0.5) is 0 Å². The molecule has 198 valence electrons. The summed E-state index contributed by atoms with van der Waals surface area (Å²) >= 11 is -1.52. The van der Waals surface area contributed by atoms with E-state index in [0.29, 0.717) is 22.1 Å². The zero-order valence-electron chi connectivity index (χ0n) is 20.5. The molecule has 38 heavy (non-hydrogen) atoms. The zero-order valence-corrected chi connectivity index (χ0v) is 22.1. The van der Waals surface area contributed by atoms with Gasteiger partial charge >= 0.3 is 7.12 Å². The Kier molecular flexibility index (Phi) is 9.34. The first-order chi connectivity index (χ1) is 18.2. The van der Waals surface area contributed by atoms with Crippen LogP contribution in [0.25, 0.3) is 0 Å². The number of carbonyl (C=O) groups excluding carboxylic acids is 1. The van der Waals surface area contributed by atoms with Crippen LogP contribution in [0.3, 0.4) is 0 Å². The Morgan fingerprint density at radius 3 is 2.42 bits per heavy atom. The summed E-state index contributed by atoms with van der Waals surface area (Å²) in [6.07, 6.45) is 6.68. The predicted octanol–water partition coefficient (Wildman–Crippen LogP) is 2.16. The van der Waals surface area contributed by atoms with E-state index in [2.05, 4.69) is 14.7 Å². The van der Waals surface area contributed by atoms with Crippen molar-refractivity contribution in [2.45, 2.75) is 46.3 Å². The number of sulfonamides is 1. The van der Waals surface area contributed by atoms with E-state index in [9.17, 15) is 27.8 Å². The molecule has 1 heterocycles. The molecule has 4 rings (SSSR count). The van der Waals surface area contributed by atoms with Crippen LogP contribution in [-0.4, -0.2) is 53.2 Å². The molecule has 12 heteroatoms. The maximum absolute atomic E-state index is 13.1. The van der Waals surface area contributed by atoms with E-state index in [4.69, 9.17) is 0 Å². The molecule has 1 fully saturated rings. The molecule has 0 bridgehead atoms. The molecule has 3 aromatic rings. The molecule has 3 atom stereocenters. The van der Waals surface area contributed by atoms with Crippen molar-refractivity contribution in [2.75, 3.05) is 0 Å². The highest BCUT2D eigenvalue weighted by Crippen LogP contribution is 2.33. The molecular formula is C26H28BN3O6S2. The summed E-state index contributed by atoms with van der Waals surface area (Å²) in [5.41, 5.74) is 0.794. The van der Waals surface area contributed by atoms with E-state index in [0.717, 1.165) is 24.6 Å². The Labute approximate surface area is 225 Å². The minimum absolute atomic E-state index is 0.114. The second-order valence-corrected chi connectivity index (χ2v) is 12.3. The fraction of sp³-hybridized carbons (Fsp3) is 0.269. The molecule has 1 saturated carbocycles. The quantitative estimate of drug-likeness (QED) is 0.177. The van der Waals surface area contributed by atoms with Crippen molar-refractivity contribution in [1.82, 2.24) is 10.3 Å². The van der Waals surface area contributed by atoms with Gasteiger partial charge in [-0.25, -0.2) is 0 Å². The number of nitrogens with one attached hydrogen (secondary N) is 1. The monoisotopic (exact) mass is 553 g/mol. The number of hydrogen-bond acceptors (Lipinski definition) is 7. The lowest BCUT2D eigenvalue weighted by Gasteiger charge is -2.20. The van der Waals surface area contributed by atoms with Crippen LogP contribution in [0, 0.1) is 11.8 Å². The van der Waals surface area contributed by atoms with Gasteiger partial charge in [-0.1, -0.05) is 43.2 Å². The Hall–Kier alpha value is -3.03. The van der Waals surface area contributed by atoms with Gasteiger partial charge in [0.1, 0.15) is 0 Å². The summed E-state index contributed by atoms with van der Waals surface area (Å²) in [6, 6.07) is 17.9. The van der Waals surface area contributed by atoms with Gasteiger partial charge in [0.25, 0.3) is 10.0 Å². The molecule has 2 unspecified atom stereocenters. The molecule has 1 aliphatic rings. The molecular weight excluding hydrogens is 525 g/mol. The second kappa shape index (κ2) is 12.7. The fourth-order valence-corrected chi connectivity index (χ4v) is 5.80. The normalized spacial score (nSPS) is 16.1. The van der Waals surface area contributed by atoms with Crippen molar-refractivity contribution >= 4 is 40.4 Å². The minimum Gasteiger partial charge on any atom is -0.606 e. The number of amides is 1. The first-order valence-corrected chi connectivity index (χ1v) is 14.7. The van der Waals surface area contributed by atoms with Crippen LogP contribution in [0.1, 0.15) is 24.8 Å². The molecule has 0 aliphatic heterocycles. The largest absolute Gasteiger partial charge is 0.606 e. The Morgan fingerprint density at radius 1 is 1.11 bits per heavy atom. The van der Waals surface area contributed by atoms with Crippen LogP contribution in [0.2, 0.25) is 0 Å². The lowest BCUT2D eigenvalue weighted by atomic mass is 9.76. The topological polar surface area (TPSA) is 152 Å². The highest BCUT2D eigenvalue weighted by molar-refractivity contribution is 7.91. The summed E-state index contributed by atoms with van der Waals surface area (Å²) in [6.45, 7) is 0. The van der Waals surface area contributed by atoms with Crippen molar-refractivity contribution < 1.29 is 27.8 Å². The lowest BCUT2D eigenvalue weighted by molar-refractivity contribution is -0.123. The highest BCUT2D eigenvalue weighted by atomic mass is 32.2.